The Morgan fingerprint density at radius 2 is 1.69 bits per heavy atom. The molecule has 2 heteroatoms. The fourth-order valence-electron chi connectivity index (χ4n) is 2.01. The second kappa shape index (κ2) is 2.46. The van der Waals surface area contributed by atoms with E-state index in [1.807, 2.05) is 0 Å². The van der Waals surface area contributed by atoms with Gasteiger partial charge in [0.15, 0.2) is 0 Å². The molecule has 0 N–H and O–H groups in total. The van der Waals surface area contributed by atoms with Gasteiger partial charge in [-0.3, -0.25) is 4.49 Å². The van der Waals surface area contributed by atoms with Gasteiger partial charge in [-0.05, 0) is 12.2 Å². The van der Waals surface area contributed by atoms with Gasteiger partial charge in [0, 0.05) is 10.9 Å². The summed E-state index contributed by atoms with van der Waals surface area (Å²) in [6.45, 7) is 0.431. The van der Waals surface area contributed by atoms with E-state index in [0.29, 0.717) is 6.85 Å². The molecule has 0 saturated carbocycles. The molecule has 0 fully saturated rings. The molecule has 3 rings (SSSR count). The molecule has 0 aromatic carbocycles. The standard InChI is InChI=1S/C11H9BN/c1-4-10-6-2-8-13-9-3-7-11(5-1)12(10)13/h1-9H/q+1. The molecule has 3 heterocycles. The van der Waals surface area contributed by atoms with Crippen molar-refractivity contribution in [1.29, 1.82) is 0 Å². The average Bonchev–Trinajstić information content (AvgIpc) is 2.19. The molecule has 13 heavy (non-hydrogen) atoms. The smallest absolute Gasteiger partial charge is 0.282 e. The van der Waals surface area contributed by atoms with Crippen molar-refractivity contribution >= 4 is 13.1 Å². The van der Waals surface area contributed by atoms with Crippen molar-refractivity contribution in [3.8, 4) is 0 Å². The molecular weight excluding hydrogens is 157 g/mol. The van der Waals surface area contributed by atoms with Crippen molar-refractivity contribution < 1.29 is 4.49 Å². The van der Waals surface area contributed by atoms with Crippen LogP contribution in [0.1, 0.15) is 0 Å². The van der Waals surface area contributed by atoms with Crippen molar-refractivity contribution in [1.82, 2.24) is 0 Å². The van der Waals surface area contributed by atoms with E-state index in [2.05, 4.69) is 59.4 Å². The second-order valence-corrected chi connectivity index (χ2v) is 3.39. The molecule has 0 bridgehead atoms. The maximum absolute atomic E-state index is 2.24. The summed E-state index contributed by atoms with van der Waals surface area (Å²) in [6.07, 6.45) is 19.2. The predicted octanol–water partition coefficient (Wildman–Crippen LogP) is 1.66. The fourth-order valence-corrected chi connectivity index (χ4v) is 2.01. The first kappa shape index (κ1) is 6.90. The van der Waals surface area contributed by atoms with Gasteiger partial charge in [0.1, 0.15) is 12.4 Å². The molecule has 0 amide bonds. The number of nitrogens with zero attached hydrogens (tertiary/aromatic N) is 1. The minimum atomic E-state index is 0.431. The molecule has 60 valence electrons. The van der Waals surface area contributed by atoms with Gasteiger partial charge in [-0.15, -0.1) is 0 Å². The van der Waals surface area contributed by atoms with Crippen LogP contribution < -0.4 is 0 Å². The van der Waals surface area contributed by atoms with Crippen LogP contribution >= 0.6 is 0 Å². The topological polar surface area (TPSA) is 3.01 Å². The summed E-state index contributed by atoms with van der Waals surface area (Å²) in [5, 5.41) is 0. The Hall–Kier alpha value is -1.57. The normalized spacial score (nSPS) is 22.2. The van der Waals surface area contributed by atoms with Crippen LogP contribution in [0.2, 0.25) is 0 Å². The Bertz CT molecular complexity index is 366. The van der Waals surface area contributed by atoms with E-state index >= 15 is 0 Å². The monoisotopic (exact) mass is 166 g/mol. The summed E-state index contributed by atoms with van der Waals surface area (Å²) in [4.78, 5) is 0. The molecule has 3 aliphatic heterocycles. The van der Waals surface area contributed by atoms with Gasteiger partial charge < -0.3 is 0 Å². The zero-order valence-corrected chi connectivity index (χ0v) is 7.22. The molecule has 0 atom stereocenters. The Morgan fingerprint density at radius 1 is 0.923 bits per heavy atom. The van der Waals surface area contributed by atoms with Crippen molar-refractivity contribution in [2.24, 2.45) is 0 Å². The molecule has 0 aromatic heterocycles. The minimum Gasteiger partial charge on any atom is -0.282 e. The van der Waals surface area contributed by atoms with Gasteiger partial charge in [0.05, 0.1) is 0 Å². The number of hydrogen-bond donors (Lipinski definition) is 0. The van der Waals surface area contributed by atoms with Gasteiger partial charge in [-0.1, -0.05) is 30.4 Å². The lowest BCUT2D eigenvalue weighted by molar-refractivity contribution is -0.296. The van der Waals surface area contributed by atoms with Crippen LogP contribution in [-0.2, 0) is 0 Å². The SMILES string of the molecule is C1=CC2=CC=C[N+]3=CC=CC(=C1)B23. The van der Waals surface area contributed by atoms with Crippen molar-refractivity contribution in [3.63, 3.8) is 0 Å². The average molecular weight is 166 g/mol. The van der Waals surface area contributed by atoms with Gasteiger partial charge in [-0.25, -0.2) is 0 Å². The Kier molecular flexibility index (Phi) is 1.30. The molecule has 1 nitrogen and oxygen atoms in total. The van der Waals surface area contributed by atoms with Gasteiger partial charge in [0.2, 0.25) is 0 Å². The predicted molar refractivity (Wildman–Crippen MR) is 55.7 cm³/mol. The van der Waals surface area contributed by atoms with E-state index in [-0.39, 0.29) is 0 Å². The van der Waals surface area contributed by atoms with Gasteiger partial charge in [-0.2, -0.15) is 0 Å². The third-order valence-electron chi connectivity index (χ3n) is 2.60. The van der Waals surface area contributed by atoms with E-state index in [4.69, 9.17) is 0 Å². The third-order valence-corrected chi connectivity index (χ3v) is 2.60. The zero-order chi connectivity index (χ0) is 8.67. The largest absolute Gasteiger partial charge is 0.558 e. The van der Waals surface area contributed by atoms with Crippen molar-refractivity contribution in [3.05, 3.63) is 59.7 Å². The lowest BCUT2D eigenvalue weighted by atomic mass is 9.46. The lowest BCUT2D eigenvalue weighted by Crippen LogP contribution is -2.36. The highest BCUT2D eigenvalue weighted by Crippen LogP contribution is 2.23. The van der Waals surface area contributed by atoms with Gasteiger partial charge >= 0.3 is 6.85 Å². The van der Waals surface area contributed by atoms with Crippen LogP contribution in [0.4, 0.5) is 0 Å². The minimum absolute atomic E-state index is 0.431. The summed E-state index contributed by atoms with van der Waals surface area (Å²) < 4.78 is 2.24. The summed E-state index contributed by atoms with van der Waals surface area (Å²) >= 11 is 0. The van der Waals surface area contributed by atoms with Crippen molar-refractivity contribution in [2.45, 2.75) is 0 Å². The molecule has 3 aliphatic rings. The van der Waals surface area contributed by atoms with Crippen LogP contribution in [0, 0.1) is 0 Å². The molecule has 0 unspecified atom stereocenters. The molecule has 0 aromatic rings. The van der Waals surface area contributed by atoms with E-state index in [1.54, 1.807) is 0 Å². The van der Waals surface area contributed by atoms with Crippen LogP contribution in [0.5, 0.6) is 0 Å². The quantitative estimate of drug-likeness (QED) is 0.481. The number of hydrogen-bond acceptors (Lipinski definition) is 0. The zero-order valence-electron chi connectivity index (χ0n) is 7.22. The summed E-state index contributed by atoms with van der Waals surface area (Å²) in [6, 6.07) is 0. The summed E-state index contributed by atoms with van der Waals surface area (Å²) in [5.41, 5.74) is 2.75. The number of rotatable bonds is 0. The van der Waals surface area contributed by atoms with Crippen LogP contribution in [0.25, 0.3) is 0 Å². The van der Waals surface area contributed by atoms with Crippen LogP contribution in [0.3, 0.4) is 0 Å². The van der Waals surface area contributed by atoms with Crippen LogP contribution in [0.15, 0.2) is 59.7 Å². The Labute approximate surface area is 77.9 Å². The molecular formula is C11H9BN+. The molecule has 0 saturated heterocycles. The summed E-state index contributed by atoms with van der Waals surface area (Å²) in [5.74, 6) is 0. The highest BCUT2D eigenvalue weighted by molar-refractivity contribution is 6.69. The Morgan fingerprint density at radius 3 is 2.62 bits per heavy atom. The third kappa shape index (κ3) is 0.918. The lowest BCUT2D eigenvalue weighted by Gasteiger charge is -2.17. The summed E-state index contributed by atoms with van der Waals surface area (Å²) in [7, 11) is 0. The maximum atomic E-state index is 2.24. The van der Waals surface area contributed by atoms with E-state index in [1.165, 1.54) is 10.9 Å². The highest BCUT2D eigenvalue weighted by atomic mass is 14.9. The Balaban J connectivity index is 2.23. The number of allylic oxidation sites excluding steroid dienone is 9. The molecule has 0 spiro atoms. The van der Waals surface area contributed by atoms with Crippen molar-refractivity contribution in [2.75, 3.05) is 0 Å². The molecule has 0 aliphatic carbocycles. The van der Waals surface area contributed by atoms with E-state index in [9.17, 15) is 0 Å². The fraction of sp³-hybridized carbons (Fsp3) is 0. The highest BCUT2D eigenvalue weighted by Gasteiger charge is 2.39. The second-order valence-electron chi connectivity index (χ2n) is 3.39. The van der Waals surface area contributed by atoms with E-state index < -0.39 is 0 Å². The maximum Gasteiger partial charge on any atom is 0.558 e. The van der Waals surface area contributed by atoms with Crippen LogP contribution in [-0.4, -0.2) is 17.5 Å². The first-order valence-electron chi connectivity index (χ1n) is 4.51. The first-order chi connectivity index (χ1) is 6.45. The van der Waals surface area contributed by atoms with Gasteiger partial charge in [0.25, 0.3) is 0 Å². The first-order valence-corrected chi connectivity index (χ1v) is 4.51. The van der Waals surface area contributed by atoms with E-state index in [0.717, 1.165) is 0 Å². The molecule has 0 radical (unpaired) electrons.